The van der Waals surface area contributed by atoms with E-state index < -0.39 is 0 Å². The number of aliphatic hydroxyl groups excluding tert-OH is 1. The Balaban J connectivity index is 2.59. The van der Waals surface area contributed by atoms with Crippen molar-refractivity contribution in [2.45, 2.75) is 46.6 Å². The summed E-state index contributed by atoms with van der Waals surface area (Å²) in [6.45, 7) is 9.75. The molecule has 2 rings (SSSR count). The number of benzene rings is 1. The molecular weight excluding hydrogens is 278 g/mol. The summed E-state index contributed by atoms with van der Waals surface area (Å²) in [5, 5.41) is 10.3. The molecule has 0 bridgehead atoms. The number of nitrogens with zero attached hydrogens (tertiary/aromatic N) is 1. The summed E-state index contributed by atoms with van der Waals surface area (Å²) in [7, 11) is 0. The van der Waals surface area contributed by atoms with Crippen molar-refractivity contribution < 1.29 is 14.6 Å². The van der Waals surface area contributed by atoms with Crippen molar-refractivity contribution in [1.29, 1.82) is 0 Å². The minimum atomic E-state index is 0.212. The summed E-state index contributed by atoms with van der Waals surface area (Å²) >= 11 is 0. The van der Waals surface area contributed by atoms with E-state index in [9.17, 15) is 0 Å². The molecule has 4 heteroatoms. The maximum atomic E-state index is 9.12. The number of ether oxygens (including phenoxy) is 2. The molecule has 122 valence electrons. The highest BCUT2D eigenvalue weighted by Gasteiger charge is 2.15. The van der Waals surface area contributed by atoms with Crippen LogP contribution in [0.1, 0.15) is 45.7 Å². The highest BCUT2D eigenvalue weighted by Crippen LogP contribution is 2.36. The Labute approximate surface area is 132 Å². The number of aromatic nitrogens is 1. The minimum Gasteiger partial charge on any atom is -0.490 e. The molecule has 0 fully saturated rings. The average molecular weight is 305 g/mol. The largest absolute Gasteiger partial charge is 0.490 e. The number of rotatable bonds is 8. The SMILES string of the molecule is CCOc1cc2c(CCCO)cn(C(C)C)c2cc1OCC. The van der Waals surface area contributed by atoms with E-state index in [1.165, 1.54) is 10.9 Å². The highest BCUT2D eigenvalue weighted by atomic mass is 16.5. The van der Waals surface area contributed by atoms with Crippen LogP contribution in [0.25, 0.3) is 10.9 Å². The fourth-order valence-corrected chi connectivity index (χ4v) is 2.76. The Morgan fingerprint density at radius 1 is 1.09 bits per heavy atom. The molecule has 1 heterocycles. The van der Waals surface area contributed by atoms with Crippen LogP contribution < -0.4 is 9.47 Å². The molecule has 1 aromatic carbocycles. The first-order valence-electron chi connectivity index (χ1n) is 8.16. The summed E-state index contributed by atoms with van der Waals surface area (Å²) in [5.41, 5.74) is 2.41. The van der Waals surface area contributed by atoms with Gasteiger partial charge in [0.05, 0.1) is 18.7 Å². The number of fused-ring (bicyclic) bond motifs is 1. The standard InChI is InChI=1S/C18H27NO3/c1-5-21-17-10-15-14(8-7-9-20)12-19(13(3)4)16(15)11-18(17)22-6-2/h10-13,20H,5-9H2,1-4H3. The van der Waals surface area contributed by atoms with E-state index in [4.69, 9.17) is 14.6 Å². The Kier molecular flexibility index (Phi) is 5.72. The predicted molar refractivity (Wildman–Crippen MR) is 90.1 cm³/mol. The Morgan fingerprint density at radius 3 is 2.27 bits per heavy atom. The zero-order valence-corrected chi connectivity index (χ0v) is 14.1. The molecule has 0 aliphatic rings. The van der Waals surface area contributed by atoms with Crippen molar-refractivity contribution in [2.75, 3.05) is 19.8 Å². The first-order valence-corrected chi connectivity index (χ1v) is 8.16. The summed E-state index contributed by atoms with van der Waals surface area (Å²) in [6, 6.07) is 4.53. The second-order valence-corrected chi connectivity index (χ2v) is 5.66. The lowest BCUT2D eigenvalue weighted by atomic mass is 10.1. The molecule has 1 N–H and O–H groups in total. The molecule has 4 nitrogen and oxygen atoms in total. The van der Waals surface area contributed by atoms with E-state index in [1.807, 2.05) is 13.8 Å². The number of hydrogen-bond donors (Lipinski definition) is 1. The maximum Gasteiger partial charge on any atom is 0.163 e. The van der Waals surface area contributed by atoms with Crippen molar-refractivity contribution in [3.8, 4) is 11.5 Å². The number of hydrogen-bond acceptors (Lipinski definition) is 3. The van der Waals surface area contributed by atoms with Gasteiger partial charge in [-0.15, -0.1) is 0 Å². The summed E-state index contributed by atoms with van der Waals surface area (Å²) in [5.74, 6) is 1.59. The van der Waals surface area contributed by atoms with Crippen LogP contribution in [0.2, 0.25) is 0 Å². The predicted octanol–water partition coefficient (Wildman–Crippen LogP) is 3.94. The molecule has 1 aromatic heterocycles. The van der Waals surface area contributed by atoms with Gasteiger partial charge < -0.3 is 19.1 Å². The quantitative estimate of drug-likeness (QED) is 0.803. The number of aliphatic hydroxyl groups is 1. The first kappa shape index (κ1) is 16.7. The first-order chi connectivity index (χ1) is 10.6. The second kappa shape index (κ2) is 7.54. The highest BCUT2D eigenvalue weighted by molar-refractivity contribution is 5.87. The van der Waals surface area contributed by atoms with E-state index in [-0.39, 0.29) is 6.61 Å². The van der Waals surface area contributed by atoms with Gasteiger partial charge in [-0.3, -0.25) is 0 Å². The van der Waals surface area contributed by atoms with Gasteiger partial charge in [-0.25, -0.2) is 0 Å². The van der Waals surface area contributed by atoms with Crippen molar-refractivity contribution in [2.24, 2.45) is 0 Å². The van der Waals surface area contributed by atoms with E-state index in [1.54, 1.807) is 0 Å². The molecular formula is C18H27NO3. The van der Waals surface area contributed by atoms with Gasteiger partial charge in [-0.2, -0.15) is 0 Å². The van der Waals surface area contributed by atoms with Crippen LogP contribution in [0.15, 0.2) is 18.3 Å². The molecule has 0 unspecified atom stereocenters. The Hall–Kier alpha value is -1.68. The molecule has 0 saturated heterocycles. The van der Waals surface area contributed by atoms with Gasteiger partial charge in [0.2, 0.25) is 0 Å². The fourth-order valence-electron chi connectivity index (χ4n) is 2.76. The summed E-state index contributed by atoms with van der Waals surface area (Å²) < 4.78 is 13.8. The van der Waals surface area contributed by atoms with Crippen LogP contribution in [-0.4, -0.2) is 29.5 Å². The second-order valence-electron chi connectivity index (χ2n) is 5.66. The number of aryl methyl sites for hydroxylation is 1. The third-order valence-electron chi connectivity index (χ3n) is 3.74. The van der Waals surface area contributed by atoms with Gasteiger partial charge in [-0.1, -0.05) is 0 Å². The zero-order valence-electron chi connectivity index (χ0n) is 14.1. The van der Waals surface area contributed by atoms with Gasteiger partial charge in [0, 0.05) is 30.3 Å². The van der Waals surface area contributed by atoms with Gasteiger partial charge in [0.1, 0.15) is 0 Å². The van der Waals surface area contributed by atoms with Crippen molar-refractivity contribution >= 4 is 10.9 Å². The van der Waals surface area contributed by atoms with Gasteiger partial charge >= 0.3 is 0 Å². The smallest absolute Gasteiger partial charge is 0.163 e. The lowest BCUT2D eigenvalue weighted by molar-refractivity contribution is 0.288. The lowest BCUT2D eigenvalue weighted by Crippen LogP contribution is -2.01. The van der Waals surface area contributed by atoms with Gasteiger partial charge in [-0.05, 0) is 52.2 Å². The summed E-state index contributed by atoms with van der Waals surface area (Å²) in [6.07, 6.45) is 3.83. The van der Waals surface area contributed by atoms with Crippen molar-refractivity contribution in [1.82, 2.24) is 4.57 Å². The van der Waals surface area contributed by atoms with Crippen LogP contribution in [0.3, 0.4) is 0 Å². The molecule has 0 radical (unpaired) electrons. The molecule has 0 aliphatic heterocycles. The van der Waals surface area contributed by atoms with Gasteiger partial charge in [0.15, 0.2) is 11.5 Å². The Morgan fingerprint density at radius 2 is 1.73 bits per heavy atom. The Bertz CT molecular complexity index is 616. The molecule has 0 spiro atoms. The summed E-state index contributed by atoms with van der Waals surface area (Å²) in [4.78, 5) is 0. The van der Waals surface area contributed by atoms with E-state index >= 15 is 0 Å². The lowest BCUT2D eigenvalue weighted by Gasteiger charge is -2.14. The van der Waals surface area contributed by atoms with Crippen LogP contribution in [0.4, 0.5) is 0 Å². The molecule has 0 aliphatic carbocycles. The third kappa shape index (κ3) is 3.38. The zero-order chi connectivity index (χ0) is 16.1. The van der Waals surface area contributed by atoms with Crippen LogP contribution >= 0.6 is 0 Å². The molecule has 2 aromatic rings. The van der Waals surface area contributed by atoms with E-state index in [0.717, 1.165) is 29.9 Å². The topological polar surface area (TPSA) is 43.6 Å². The van der Waals surface area contributed by atoms with Gasteiger partial charge in [0.25, 0.3) is 0 Å². The molecule has 22 heavy (non-hydrogen) atoms. The van der Waals surface area contributed by atoms with E-state index in [2.05, 4.69) is 36.7 Å². The molecule has 0 saturated carbocycles. The maximum absolute atomic E-state index is 9.12. The molecule has 0 atom stereocenters. The van der Waals surface area contributed by atoms with Crippen molar-refractivity contribution in [3.05, 3.63) is 23.9 Å². The minimum absolute atomic E-state index is 0.212. The monoisotopic (exact) mass is 305 g/mol. The average Bonchev–Trinajstić information content (AvgIpc) is 2.84. The normalized spacial score (nSPS) is 11.4. The third-order valence-corrected chi connectivity index (χ3v) is 3.74. The van der Waals surface area contributed by atoms with E-state index in [0.29, 0.717) is 19.3 Å². The van der Waals surface area contributed by atoms with Crippen molar-refractivity contribution in [3.63, 3.8) is 0 Å². The van der Waals surface area contributed by atoms with Crippen LogP contribution in [0.5, 0.6) is 11.5 Å². The molecule has 0 amide bonds. The van der Waals surface area contributed by atoms with Crippen LogP contribution in [-0.2, 0) is 6.42 Å². The van der Waals surface area contributed by atoms with Crippen LogP contribution in [0, 0.1) is 0 Å². The fraction of sp³-hybridized carbons (Fsp3) is 0.556.